The van der Waals surface area contributed by atoms with Crippen LogP contribution in [-0.4, -0.2) is 14.7 Å². The van der Waals surface area contributed by atoms with Crippen molar-refractivity contribution >= 4 is 0 Å². The predicted molar refractivity (Wildman–Crippen MR) is 94.8 cm³/mol. The number of nitriles is 1. The van der Waals surface area contributed by atoms with Crippen LogP contribution in [0.4, 0.5) is 4.39 Å². The highest BCUT2D eigenvalue weighted by molar-refractivity contribution is 5.36. The van der Waals surface area contributed by atoms with Gasteiger partial charge in [-0.2, -0.15) is 5.26 Å². The summed E-state index contributed by atoms with van der Waals surface area (Å²) < 4.78 is 16.4. The number of fused-ring (bicyclic) bond motifs is 1. The molecule has 4 rings (SSSR count). The van der Waals surface area contributed by atoms with Crippen LogP contribution in [0.25, 0.3) is 0 Å². The summed E-state index contributed by atoms with van der Waals surface area (Å²) in [5, 5.41) is 20.2. The Labute approximate surface area is 151 Å². The van der Waals surface area contributed by atoms with Crippen molar-refractivity contribution in [2.45, 2.75) is 30.9 Å². The van der Waals surface area contributed by atoms with Crippen molar-refractivity contribution in [2.75, 3.05) is 0 Å². The molecule has 26 heavy (non-hydrogen) atoms. The largest absolute Gasteiger partial charge is 0.383 e. The van der Waals surface area contributed by atoms with Crippen molar-refractivity contribution in [3.63, 3.8) is 0 Å². The maximum Gasteiger partial charge on any atom is 0.129 e. The zero-order valence-corrected chi connectivity index (χ0v) is 14.1. The number of hydrogen-bond donors (Lipinski definition) is 1. The second kappa shape index (κ2) is 6.40. The molecule has 1 aliphatic heterocycles. The van der Waals surface area contributed by atoms with E-state index in [4.69, 9.17) is 5.26 Å². The third-order valence-electron chi connectivity index (χ3n) is 5.17. The first-order valence-electron chi connectivity index (χ1n) is 8.59. The molecule has 0 bridgehead atoms. The zero-order chi connectivity index (χ0) is 18.1. The van der Waals surface area contributed by atoms with E-state index in [-0.39, 0.29) is 11.6 Å². The SMILES string of the molecule is N#Cc1ccc([C@H]2C[C@](O)(CCc3ccccc3)c3cncn32)c(F)c1. The van der Waals surface area contributed by atoms with Crippen LogP contribution in [-0.2, 0) is 12.0 Å². The molecule has 130 valence electrons. The third-order valence-corrected chi connectivity index (χ3v) is 5.17. The third kappa shape index (κ3) is 2.79. The van der Waals surface area contributed by atoms with Gasteiger partial charge in [0.25, 0.3) is 0 Å². The predicted octanol–water partition coefficient (Wildman–Crippen LogP) is 3.71. The summed E-state index contributed by atoms with van der Waals surface area (Å²) in [6, 6.07) is 16.1. The van der Waals surface area contributed by atoms with Gasteiger partial charge in [0.1, 0.15) is 11.4 Å². The lowest BCUT2D eigenvalue weighted by Gasteiger charge is -2.22. The molecule has 0 spiro atoms. The molecule has 0 fully saturated rings. The topological polar surface area (TPSA) is 61.8 Å². The van der Waals surface area contributed by atoms with Crippen molar-refractivity contribution in [3.05, 3.63) is 89.3 Å². The molecule has 0 saturated carbocycles. The average Bonchev–Trinajstić information content (AvgIpc) is 3.25. The summed E-state index contributed by atoms with van der Waals surface area (Å²) in [5.41, 5.74) is 1.56. The van der Waals surface area contributed by atoms with E-state index >= 15 is 0 Å². The van der Waals surface area contributed by atoms with Gasteiger partial charge in [-0.15, -0.1) is 0 Å². The Morgan fingerprint density at radius 3 is 2.81 bits per heavy atom. The van der Waals surface area contributed by atoms with E-state index in [1.807, 2.05) is 41.0 Å². The van der Waals surface area contributed by atoms with Crippen LogP contribution in [0.3, 0.4) is 0 Å². The number of hydrogen-bond acceptors (Lipinski definition) is 3. The highest BCUT2D eigenvalue weighted by Gasteiger charge is 2.43. The number of aryl methyl sites for hydroxylation is 1. The van der Waals surface area contributed by atoms with Crippen LogP contribution in [0, 0.1) is 17.1 Å². The second-order valence-electron chi connectivity index (χ2n) is 6.77. The fourth-order valence-corrected chi connectivity index (χ4v) is 3.79. The smallest absolute Gasteiger partial charge is 0.129 e. The molecule has 2 aromatic carbocycles. The van der Waals surface area contributed by atoms with E-state index in [0.717, 1.165) is 12.0 Å². The molecule has 2 atom stereocenters. The molecular formula is C21H18FN3O. The maximum atomic E-state index is 14.5. The van der Waals surface area contributed by atoms with E-state index < -0.39 is 11.4 Å². The Balaban J connectivity index is 1.63. The molecule has 5 heteroatoms. The van der Waals surface area contributed by atoms with Gasteiger partial charge < -0.3 is 9.67 Å². The van der Waals surface area contributed by atoms with Crippen LogP contribution in [0.1, 0.15) is 41.3 Å². The molecule has 1 N–H and O–H groups in total. The Kier molecular flexibility index (Phi) is 4.06. The molecule has 1 aliphatic rings. The molecule has 1 aromatic heterocycles. The Hall–Kier alpha value is -2.97. The van der Waals surface area contributed by atoms with Crippen molar-refractivity contribution in [2.24, 2.45) is 0 Å². The monoisotopic (exact) mass is 347 g/mol. The second-order valence-corrected chi connectivity index (χ2v) is 6.77. The van der Waals surface area contributed by atoms with E-state index in [1.54, 1.807) is 24.7 Å². The molecule has 0 amide bonds. The van der Waals surface area contributed by atoms with E-state index in [9.17, 15) is 9.50 Å². The number of aliphatic hydroxyl groups is 1. The van der Waals surface area contributed by atoms with Crippen molar-refractivity contribution in [1.29, 1.82) is 5.26 Å². The summed E-state index contributed by atoms with van der Waals surface area (Å²) in [6.45, 7) is 0. The highest BCUT2D eigenvalue weighted by Crippen LogP contribution is 2.45. The fourth-order valence-electron chi connectivity index (χ4n) is 3.79. The first-order valence-corrected chi connectivity index (χ1v) is 8.59. The van der Waals surface area contributed by atoms with Gasteiger partial charge in [-0.3, -0.25) is 0 Å². The van der Waals surface area contributed by atoms with Gasteiger partial charge in [-0.05, 0) is 30.5 Å². The van der Waals surface area contributed by atoms with Gasteiger partial charge in [-0.1, -0.05) is 36.4 Å². The quantitative estimate of drug-likeness (QED) is 0.783. The minimum atomic E-state index is -1.06. The lowest BCUT2D eigenvalue weighted by Crippen LogP contribution is -2.23. The van der Waals surface area contributed by atoms with Crippen molar-refractivity contribution < 1.29 is 9.50 Å². The number of nitrogens with zero attached hydrogens (tertiary/aromatic N) is 3. The lowest BCUT2D eigenvalue weighted by molar-refractivity contribution is 0.0265. The average molecular weight is 347 g/mol. The summed E-state index contributed by atoms with van der Waals surface area (Å²) in [4.78, 5) is 4.16. The highest BCUT2D eigenvalue weighted by atomic mass is 19.1. The molecule has 0 radical (unpaired) electrons. The van der Waals surface area contributed by atoms with E-state index in [2.05, 4.69) is 4.98 Å². The minimum absolute atomic E-state index is 0.287. The lowest BCUT2D eigenvalue weighted by atomic mass is 9.87. The molecule has 0 aliphatic carbocycles. The molecular weight excluding hydrogens is 329 g/mol. The van der Waals surface area contributed by atoms with Gasteiger partial charge in [0.05, 0.1) is 35.9 Å². The van der Waals surface area contributed by atoms with Gasteiger partial charge in [0.2, 0.25) is 0 Å². The summed E-state index contributed by atoms with van der Waals surface area (Å²) in [5.74, 6) is -0.430. The summed E-state index contributed by atoms with van der Waals surface area (Å²) in [7, 11) is 0. The van der Waals surface area contributed by atoms with Gasteiger partial charge >= 0.3 is 0 Å². The Morgan fingerprint density at radius 1 is 1.27 bits per heavy atom. The van der Waals surface area contributed by atoms with Gasteiger partial charge in [0, 0.05) is 12.0 Å². The fraction of sp³-hybridized carbons (Fsp3) is 0.238. The first kappa shape index (κ1) is 16.5. The minimum Gasteiger partial charge on any atom is -0.383 e. The number of benzene rings is 2. The Bertz CT molecular complexity index is 976. The number of imidazole rings is 1. The number of aromatic nitrogens is 2. The Morgan fingerprint density at radius 2 is 2.08 bits per heavy atom. The normalized spacial score (nSPS) is 21.3. The first-order chi connectivity index (χ1) is 12.6. The van der Waals surface area contributed by atoms with E-state index in [0.29, 0.717) is 24.1 Å². The van der Waals surface area contributed by atoms with E-state index in [1.165, 1.54) is 6.07 Å². The number of rotatable bonds is 4. The molecule has 0 unspecified atom stereocenters. The van der Waals surface area contributed by atoms with Crippen LogP contribution in [0.2, 0.25) is 0 Å². The molecule has 3 aromatic rings. The molecule has 2 heterocycles. The van der Waals surface area contributed by atoms with Crippen LogP contribution < -0.4 is 0 Å². The summed E-state index contributed by atoms with van der Waals surface area (Å²) >= 11 is 0. The van der Waals surface area contributed by atoms with Crippen molar-refractivity contribution in [1.82, 2.24) is 9.55 Å². The van der Waals surface area contributed by atoms with Gasteiger partial charge in [-0.25, -0.2) is 9.37 Å². The van der Waals surface area contributed by atoms with Crippen molar-refractivity contribution in [3.8, 4) is 6.07 Å². The molecule has 0 saturated heterocycles. The zero-order valence-electron chi connectivity index (χ0n) is 14.1. The standard InChI is InChI=1S/C21H18FN3O/c22-18-10-16(12-23)6-7-17(18)19-11-21(26,20-13-24-14-25(19)20)9-8-15-4-2-1-3-5-15/h1-7,10,13-14,19,26H,8-9,11H2/t19-,21-/m1/s1. The molecule has 4 nitrogen and oxygen atoms in total. The summed E-state index contributed by atoms with van der Waals surface area (Å²) in [6.07, 6.45) is 4.95. The van der Waals surface area contributed by atoms with Crippen LogP contribution in [0.5, 0.6) is 0 Å². The van der Waals surface area contributed by atoms with Crippen LogP contribution in [0.15, 0.2) is 61.1 Å². The number of halogens is 1. The van der Waals surface area contributed by atoms with Gasteiger partial charge in [0.15, 0.2) is 0 Å². The maximum absolute atomic E-state index is 14.5. The van der Waals surface area contributed by atoms with Crippen LogP contribution >= 0.6 is 0 Å².